The fourth-order valence-corrected chi connectivity index (χ4v) is 4.61. The van der Waals surface area contributed by atoms with Crippen LogP contribution >= 0.6 is 0 Å². The van der Waals surface area contributed by atoms with Gasteiger partial charge < -0.3 is 4.90 Å². The Morgan fingerprint density at radius 2 is 1.84 bits per heavy atom. The van der Waals surface area contributed by atoms with Crippen molar-refractivity contribution in [3.05, 3.63) is 65.6 Å². The van der Waals surface area contributed by atoms with Crippen molar-refractivity contribution in [3.8, 4) is 0 Å². The second-order valence-corrected chi connectivity index (χ2v) is 9.80. The van der Waals surface area contributed by atoms with E-state index in [0.717, 1.165) is 50.2 Å². The van der Waals surface area contributed by atoms with Gasteiger partial charge in [-0.15, -0.1) is 0 Å². The maximum Gasteiger partial charge on any atom is 0.229 e. The highest BCUT2D eigenvalue weighted by atomic mass is 32.2. The molecular weight excluding hydrogens is 415 g/mol. The monoisotopic (exact) mass is 442 g/mol. The Morgan fingerprint density at radius 1 is 1.06 bits per heavy atom. The van der Waals surface area contributed by atoms with Crippen LogP contribution in [0.25, 0.3) is 10.9 Å². The van der Waals surface area contributed by atoms with Gasteiger partial charge in [-0.25, -0.2) is 12.8 Å². The number of halogens is 1. The number of nitrogens with one attached hydrogen (secondary N) is 1. The maximum atomic E-state index is 14.2. The molecular formula is C23H27FN4O2S. The number of benzene rings is 2. The van der Waals surface area contributed by atoms with Crippen LogP contribution in [0.1, 0.15) is 11.3 Å². The van der Waals surface area contributed by atoms with Crippen molar-refractivity contribution < 1.29 is 12.8 Å². The van der Waals surface area contributed by atoms with Crippen molar-refractivity contribution in [2.75, 3.05) is 48.6 Å². The number of hydrogen-bond acceptors (Lipinski definition) is 5. The van der Waals surface area contributed by atoms with Crippen LogP contribution < -0.4 is 9.62 Å². The molecule has 2 heterocycles. The van der Waals surface area contributed by atoms with Gasteiger partial charge in [0.05, 0.1) is 11.8 Å². The molecule has 31 heavy (non-hydrogen) atoms. The van der Waals surface area contributed by atoms with E-state index < -0.39 is 10.0 Å². The van der Waals surface area contributed by atoms with Gasteiger partial charge in [0.25, 0.3) is 0 Å². The predicted molar refractivity (Wildman–Crippen MR) is 124 cm³/mol. The van der Waals surface area contributed by atoms with E-state index in [1.165, 1.54) is 23.2 Å². The highest BCUT2D eigenvalue weighted by Gasteiger charge is 2.19. The molecule has 2 aromatic carbocycles. The zero-order valence-corrected chi connectivity index (χ0v) is 18.6. The molecule has 3 aromatic rings. The molecule has 0 aliphatic carbocycles. The molecule has 0 amide bonds. The van der Waals surface area contributed by atoms with Crippen LogP contribution in [0.4, 0.5) is 15.8 Å². The number of aromatic nitrogens is 1. The summed E-state index contributed by atoms with van der Waals surface area (Å²) in [6.45, 7) is 6.29. The van der Waals surface area contributed by atoms with Gasteiger partial charge in [0, 0.05) is 55.2 Å². The lowest BCUT2D eigenvalue weighted by Gasteiger charge is -2.36. The molecule has 1 aliphatic rings. The van der Waals surface area contributed by atoms with Gasteiger partial charge in [0.2, 0.25) is 10.0 Å². The average Bonchev–Trinajstić information content (AvgIpc) is 2.73. The molecule has 0 radical (unpaired) electrons. The Balaban J connectivity index is 1.38. The van der Waals surface area contributed by atoms with Gasteiger partial charge in [-0.2, -0.15) is 0 Å². The van der Waals surface area contributed by atoms with Crippen molar-refractivity contribution in [2.24, 2.45) is 0 Å². The number of piperazine rings is 1. The second kappa shape index (κ2) is 8.80. The fourth-order valence-electron chi connectivity index (χ4n) is 4.05. The molecule has 1 saturated heterocycles. The Hall–Kier alpha value is -2.71. The van der Waals surface area contributed by atoms with Gasteiger partial charge in [-0.1, -0.05) is 6.07 Å². The van der Waals surface area contributed by atoms with Crippen molar-refractivity contribution in [2.45, 2.75) is 13.3 Å². The van der Waals surface area contributed by atoms with Gasteiger partial charge in [-0.3, -0.25) is 14.6 Å². The first-order valence-electron chi connectivity index (χ1n) is 10.4. The summed E-state index contributed by atoms with van der Waals surface area (Å²) in [5.41, 5.74) is 4.14. The summed E-state index contributed by atoms with van der Waals surface area (Å²) in [5, 5.41) is 1.17. The minimum absolute atomic E-state index is 0.309. The topological polar surface area (TPSA) is 65.5 Å². The largest absolute Gasteiger partial charge is 0.368 e. The Labute approximate surface area is 182 Å². The number of rotatable bonds is 6. The summed E-state index contributed by atoms with van der Waals surface area (Å²) < 4.78 is 39.5. The maximum absolute atomic E-state index is 14.2. The van der Waals surface area contributed by atoms with E-state index in [1.54, 1.807) is 6.07 Å². The number of aryl methyl sites for hydroxylation is 1. The highest BCUT2D eigenvalue weighted by Crippen LogP contribution is 2.27. The van der Waals surface area contributed by atoms with Crippen molar-refractivity contribution in [1.82, 2.24) is 9.88 Å². The molecule has 0 bridgehead atoms. The lowest BCUT2D eigenvalue weighted by molar-refractivity contribution is 0.260. The van der Waals surface area contributed by atoms with Crippen molar-refractivity contribution >= 4 is 32.3 Å². The van der Waals surface area contributed by atoms with Crippen molar-refractivity contribution in [1.29, 1.82) is 0 Å². The molecule has 164 valence electrons. The summed E-state index contributed by atoms with van der Waals surface area (Å²) in [6.07, 6.45) is 1.62. The average molecular weight is 443 g/mol. The molecule has 8 heteroatoms. The van der Waals surface area contributed by atoms with E-state index in [2.05, 4.69) is 37.7 Å². The zero-order valence-electron chi connectivity index (χ0n) is 17.8. The van der Waals surface area contributed by atoms with E-state index in [-0.39, 0.29) is 5.82 Å². The molecule has 1 aliphatic heterocycles. The van der Waals surface area contributed by atoms with Gasteiger partial charge in [-0.05, 0) is 61.4 Å². The lowest BCUT2D eigenvalue weighted by Crippen LogP contribution is -2.47. The number of sulfonamides is 1. The Bertz CT molecular complexity index is 1190. The summed E-state index contributed by atoms with van der Waals surface area (Å²) >= 11 is 0. The summed E-state index contributed by atoms with van der Waals surface area (Å²) in [5.74, 6) is -0.309. The quantitative estimate of drug-likeness (QED) is 0.634. The summed E-state index contributed by atoms with van der Waals surface area (Å²) in [7, 11) is -3.39. The molecule has 1 fully saturated rings. The molecule has 1 N–H and O–H groups in total. The van der Waals surface area contributed by atoms with Crippen LogP contribution in [-0.2, 0) is 16.4 Å². The Kier molecular flexibility index (Phi) is 6.11. The third kappa shape index (κ3) is 5.32. The first-order chi connectivity index (χ1) is 14.8. The van der Waals surface area contributed by atoms with E-state index >= 15 is 0 Å². The van der Waals surface area contributed by atoms with E-state index in [1.807, 2.05) is 19.1 Å². The molecule has 4 rings (SSSR count). The molecule has 0 spiro atoms. The van der Waals surface area contributed by atoms with Crippen molar-refractivity contribution in [3.63, 3.8) is 0 Å². The summed E-state index contributed by atoms with van der Waals surface area (Å²) in [4.78, 5) is 9.33. The molecule has 0 atom stereocenters. The Morgan fingerprint density at radius 3 is 2.58 bits per heavy atom. The van der Waals surface area contributed by atoms with Crippen LogP contribution in [0.5, 0.6) is 0 Å². The van der Waals surface area contributed by atoms with Gasteiger partial charge in [0.15, 0.2) is 0 Å². The minimum Gasteiger partial charge on any atom is -0.368 e. The minimum atomic E-state index is -3.39. The molecule has 0 saturated carbocycles. The highest BCUT2D eigenvalue weighted by molar-refractivity contribution is 7.92. The lowest BCUT2D eigenvalue weighted by atomic mass is 10.1. The van der Waals surface area contributed by atoms with Crippen LogP contribution in [0, 0.1) is 12.7 Å². The SMILES string of the molecule is Cc1ccc2c(N3CCN(CCc4cc(NS(C)(=O)=O)ccc4F)CC3)cccc2n1. The normalized spacial score (nSPS) is 15.4. The standard InChI is InChI=1S/C23H27FN4O2S/c1-17-6-8-20-22(25-17)4-3-5-23(20)28-14-12-27(13-15-28)11-10-18-16-19(7-9-21(18)24)26-31(2,29)30/h3-9,16,26H,10-15H2,1-2H3. The third-order valence-electron chi connectivity index (χ3n) is 5.61. The first kappa shape index (κ1) is 21.5. The predicted octanol–water partition coefficient (Wildman–Crippen LogP) is 3.42. The smallest absolute Gasteiger partial charge is 0.229 e. The number of nitrogens with zero attached hydrogens (tertiary/aromatic N) is 3. The second-order valence-electron chi connectivity index (χ2n) is 8.06. The van der Waals surface area contributed by atoms with Crippen LogP contribution in [0.2, 0.25) is 0 Å². The van der Waals surface area contributed by atoms with Gasteiger partial charge >= 0.3 is 0 Å². The number of fused-ring (bicyclic) bond motifs is 1. The van der Waals surface area contributed by atoms with Crippen LogP contribution in [0.3, 0.4) is 0 Å². The number of anilines is 2. The summed E-state index contributed by atoms with van der Waals surface area (Å²) in [6, 6.07) is 14.8. The van der Waals surface area contributed by atoms with Crippen LogP contribution in [0.15, 0.2) is 48.5 Å². The molecule has 6 nitrogen and oxygen atoms in total. The fraction of sp³-hybridized carbons (Fsp3) is 0.348. The van der Waals surface area contributed by atoms with E-state index in [9.17, 15) is 12.8 Å². The van der Waals surface area contributed by atoms with Crippen LogP contribution in [-0.4, -0.2) is 57.3 Å². The van der Waals surface area contributed by atoms with E-state index in [4.69, 9.17) is 0 Å². The van der Waals surface area contributed by atoms with Gasteiger partial charge in [0.1, 0.15) is 5.82 Å². The number of hydrogen-bond donors (Lipinski definition) is 1. The number of pyridine rings is 1. The van der Waals surface area contributed by atoms with E-state index in [0.29, 0.717) is 17.7 Å². The first-order valence-corrected chi connectivity index (χ1v) is 12.3. The molecule has 1 aromatic heterocycles. The zero-order chi connectivity index (χ0) is 22.0. The molecule has 0 unspecified atom stereocenters. The third-order valence-corrected chi connectivity index (χ3v) is 6.21.